The zero-order valence-electron chi connectivity index (χ0n) is 9.01. The molecule has 0 aliphatic rings. The van der Waals surface area contributed by atoms with Gasteiger partial charge in [0.25, 0.3) is 0 Å². The van der Waals surface area contributed by atoms with Gasteiger partial charge in [-0.25, -0.2) is 0 Å². The van der Waals surface area contributed by atoms with Crippen molar-refractivity contribution in [1.82, 2.24) is 0 Å². The highest BCUT2D eigenvalue weighted by Crippen LogP contribution is 2.31. The van der Waals surface area contributed by atoms with Crippen molar-refractivity contribution in [3.8, 4) is 17.1 Å². The van der Waals surface area contributed by atoms with Crippen LogP contribution in [0.3, 0.4) is 0 Å². The highest BCUT2D eigenvalue weighted by atomic mass is 35.5. The zero-order valence-corrected chi connectivity index (χ0v) is 10.6. The number of halogens is 1. The third-order valence-electron chi connectivity index (χ3n) is 2.61. The van der Waals surface area contributed by atoms with Gasteiger partial charge in [-0.05, 0) is 29.6 Å². The van der Waals surface area contributed by atoms with E-state index in [1.54, 1.807) is 23.6 Å². The summed E-state index contributed by atoms with van der Waals surface area (Å²) >= 11 is 7.28. The highest BCUT2D eigenvalue weighted by Gasteiger charge is 2.15. The van der Waals surface area contributed by atoms with Crippen LogP contribution in [0.2, 0.25) is 5.02 Å². The summed E-state index contributed by atoms with van der Waals surface area (Å²) < 4.78 is 5.57. The maximum absolute atomic E-state index is 12.0. The SMILES string of the molecule is O=c1c(O)c(-c2ccsc2)oc2ccc(Cl)cc12. The number of aromatic hydroxyl groups is 1. The van der Waals surface area contributed by atoms with Crippen LogP contribution in [-0.4, -0.2) is 5.11 Å². The first-order valence-electron chi connectivity index (χ1n) is 5.15. The molecule has 0 radical (unpaired) electrons. The summed E-state index contributed by atoms with van der Waals surface area (Å²) in [4.78, 5) is 12.0. The molecule has 0 spiro atoms. The van der Waals surface area contributed by atoms with Crippen molar-refractivity contribution in [2.45, 2.75) is 0 Å². The molecule has 0 saturated heterocycles. The molecule has 90 valence electrons. The summed E-state index contributed by atoms with van der Waals surface area (Å²) in [6.07, 6.45) is 0. The van der Waals surface area contributed by atoms with Gasteiger partial charge in [-0.1, -0.05) is 11.6 Å². The summed E-state index contributed by atoms with van der Waals surface area (Å²) in [6.45, 7) is 0. The van der Waals surface area contributed by atoms with Crippen LogP contribution >= 0.6 is 22.9 Å². The van der Waals surface area contributed by atoms with E-state index in [2.05, 4.69) is 0 Å². The maximum atomic E-state index is 12.0. The minimum atomic E-state index is -0.472. The molecule has 0 aliphatic carbocycles. The summed E-state index contributed by atoms with van der Waals surface area (Å²) in [5.74, 6) is -0.195. The van der Waals surface area contributed by atoms with Gasteiger partial charge in [0.2, 0.25) is 11.2 Å². The Kier molecular flexibility index (Phi) is 2.61. The lowest BCUT2D eigenvalue weighted by Gasteiger charge is -2.04. The van der Waals surface area contributed by atoms with E-state index < -0.39 is 5.43 Å². The van der Waals surface area contributed by atoms with Crippen molar-refractivity contribution < 1.29 is 9.52 Å². The number of thiophene rings is 1. The predicted octanol–water partition coefficient (Wildman–Crippen LogP) is 3.88. The van der Waals surface area contributed by atoms with E-state index in [9.17, 15) is 9.90 Å². The Morgan fingerprint density at radius 1 is 1.28 bits per heavy atom. The van der Waals surface area contributed by atoms with E-state index in [1.807, 2.05) is 5.38 Å². The summed E-state index contributed by atoms with van der Waals surface area (Å²) in [7, 11) is 0. The molecule has 18 heavy (non-hydrogen) atoms. The molecule has 1 aromatic carbocycles. The molecular weight excluding hydrogens is 272 g/mol. The molecule has 2 aromatic heterocycles. The van der Waals surface area contributed by atoms with Crippen LogP contribution in [0.4, 0.5) is 0 Å². The number of hydrogen-bond donors (Lipinski definition) is 1. The Morgan fingerprint density at radius 2 is 2.11 bits per heavy atom. The molecule has 3 nitrogen and oxygen atoms in total. The van der Waals surface area contributed by atoms with Crippen molar-refractivity contribution in [3.63, 3.8) is 0 Å². The van der Waals surface area contributed by atoms with Crippen LogP contribution in [-0.2, 0) is 0 Å². The molecule has 1 N–H and O–H groups in total. The first-order valence-corrected chi connectivity index (χ1v) is 6.47. The third-order valence-corrected chi connectivity index (χ3v) is 3.53. The lowest BCUT2D eigenvalue weighted by Crippen LogP contribution is -2.02. The van der Waals surface area contributed by atoms with Gasteiger partial charge in [-0.2, -0.15) is 11.3 Å². The van der Waals surface area contributed by atoms with Gasteiger partial charge in [-0.3, -0.25) is 4.79 Å². The van der Waals surface area contributed by atoms with Gasteiger partial charge in [0.05, 0.1) is 5.39 Å². The van der Waals surface area contributed by atoms with Gasteiger partial charge in [0, 0.05) is 16.0 Å². The summed E-state index contributed by atoms with van der Waals surface area (Å²) in [5.41, 5.74) is 0.620. The van der Waals surface area contributed by atoms with Gasteiger partial charge in [-0.15, -0.1) is 0 Å². The second-order valence-corrected chi connectivity index (χ2v) is 4.98. The van der Waals surface area contributed by atoms with Gasteiger partial charge in [0.1, 0.15) is 5.58 Å². The Morgan fingerprint density at radius 3 is 2.83 bits per heavy atom. The molecule has 0 fully saturated rings. The molecule has 5 heteroatoms. The summed E-state index contributed by atoms with van der Waals surface area (Å²) in [5, 5.41) is 14.3. The standard InChI is InChI=1S/C13H7ClO3S/c14-8-1-2-10-9(5-8)11(15)12(16)13(17-10)7-3-4-18-6-7/h1-6,16H. The van der Waals surface area contributed by atoms with E-state index in [-0.39, 0.29) is 16.9 Å². The van der Waals surface area contributed by atoms with Crippen LogP contribution in [0.15, 0.2) is 44.2 Å². The van der Waals surface area contributed by atoms with Crippen molar-refractivity contribution in [1.29, 1.82) is 0 Å². The molecule has 0 saturated carbocycles. The molecule has 2 heterocycles. The fraction of sp³-hybridized carbons (Fsp3) is 0. The fourth-order valence-electron chi connectivity index (χ4n) is 1.75. The Bertz CT molecular complexity index is 775. The minimum absolute atomic E-state index is 0.191. The third kappa shape index (κ3) is 1.70. The van der Waals surface area contributed by atoms with Gasteiger partial charge in [0.15, 0.2) is 5.76 Å². The highest BCUT2D eigenvalue weighted by molar-refractivity contribution is 7.08. The zero-order chi connectivity index (χ0) is 12.7. The van der Waals surface area contributed by atoms with Crippen LogP contribution in [0, 0.1) is 0 Å². The second kappa shape index (κ2) is 4.15. The minimum Gasteiger partial charge on any atom is -0.502 e. The largest absolute Gasteiger partial charge is 0.502 e. The van der Waals surface area contributed by atoms with Crippen LogP contribution in [0.1, 0.15) is 0 Å². The number of hydrogen-bond acceptors (Lipinski definition) is 4. The van der Waals surface area contributed by atoms with Crippen molar-refractivity contribution >= 4 is 33.9 Å². The molecular formula is C13H7ClO3S. The monoisotopic (exact) mass is 278 g/mol. The molecule has 0 bridgehead atoms. The van der Waals surface area contributed by atoms with Crippen molar-refractivity contribution in [2.75, 3.05) is 0 Å². The van der Waals surface area contributed by atoms with E-state index in [0.29, 0.717) is 16.2 Å². The molecule has 0 atom stereocenters. The van der Waals surface area contributed by atoms with E-state index in [0.717, 1.165) is 0 Å². The topological polar surface area (TPSA) is 50.4 Å². The first-order chi connectivity index (χ1) is 8.66. The van der Waals surface area contributed by atoms with E-state index in [1.165, 1.54) is 17.4 Å². The molecule has 0 aliphatic heterocycles. The van der Waals surface area contributed by atoms with E-state index >= 15 is 0 Å². The summed E-state index contributed by atoms with van der Waals surface area (Å²) in [6, 6.07) is 6.53. The normalized spacial score (nSPS) is 10.9. The molecule has 3 rings (SSSR count). The Labute approximate surface area is 111 Å². The number of benzene rings is 1. The molecule has 3 aromatic rings. The molecule has 0 amide bonds. The van der Waals surface area contributed by atoms with Crippen molar-refractivity contribution in [2.24, 2.45) is 0 Å². The Hall–Kier alpha value is -1.78. The van der Waals surface area contributed by atoms with E-state index in [4.69, 9.17) is 16.0 Å². The smallest absolute Gasteiger partial charge is 0.235 e. The van der Waals surface area contributed by atoms with Crippen LogP contribution < -0.4 is 5.43 Å². The first kappa shape index (κ1) is 11.3. The maximum Gasteiger partial charge on any atom is 0.235 e. The van der Waals surface area contributed by atoms with Crippen LogP contribution in [0.25, 0.3) is 22.3 Å². The second-order valence-electron chi connectivity index (χ2n) is 3.76. The number of fused-ring (bicyclic) bond motifs is 1. The lowest BCUT2D eigenvalue weighted by atomic mass is 10.1. The average Bonchev–Trinajstić information content (AvgIpc) is 2.88. The van der Waals surface area contributed by atoms with Gasteiger partial charge < -0.3 is 9.52 Å². The van der Waals surface area contributed by atoms with Gasteiger partial charge >= 0.3 is 0 Å². The quantitative estimate of drug-likeness (QED) is 0.735. The fourth-order valence-corrected chi connectivity index (χ4v) is 2.55. The number of rotatable bonds is 1. The van der Waals surface area contributed by atoms with Crippen LogP contribution in [0.5, 0.6) is 5.75 Å². The lowest BCUT2D eigenvalue weighted by molar-refractivity contribution is 0.449. The van der Waals surface area contributed by atoms with Crippen molar-refractivity contribution in [3.05, 3.63) is 50.3 Å². The average molecular weight is 279 g/mol. The molecule has 0 unspecified atom stereocenters. The Balaban J connectivity index is 2.40. The predicted molar refractivity (Wildman–Crippen MR) is 72.5 cm³/mol.